The monoisotopic (exact) mass is 347 g/mol. The summed E-state index contributed by atoms with van der Waals surface area (Å²) in [6, 6.07) is 1.81. The highest BCUT2D eigenvalue weighted by molar-refractivity contribution is 5.95. The van der Waals surface area contributed by atoms with Gasteiger partial charge in [0.25, 0.3) is 11.5 Å². The number of carbonyl (C=O) groups is 2. The third-order valence-electron chi connectivity index (χ3n) is 4.95. The molecular formula is C18H25N3O4. The minimum Gasteiger partial charge on any atom is -0.381 e. The normalized spacial score (nSPS) is 21.3. The van der Waals surface area contributed by atoms with Gasteiger partial charge >= 0.3 is 0 Å². The van der Waals surface area contributed by atoms with Gasteiger partial charge < -0.3 is 19.5 Å². The molecule has 0 radical (unpaired) electrons. The summed E-state index contributed by atoms with van der Waals surface area (Å²) in [4.78, 5) is 43.8. The van der Waals surface area contributed by atoms with Crippen molar-refractivity contribution in [2.45, 2.75) is 26.7 Å². The lowest BCUT2D eigenvalue weighted by atomic mass is 10.1. The Hall–Kier alpha value is -2.15. The second-order valence-corrected chi connectivity index (χ2v) is 6.87. The van der Waals surface area contributed by atoms with E-state index in [0.29, 0.717) is 51.4 Å². The number of aromatic nitrogens is 1. The van der Waals surface area contributed by atoms with Crippen LogP contribution in [0.4, 0.5) is 0 Å². The number of carbonyl (C=O) groups excluding carboxylic acids is 2. The van der Waals surface area contributed by atoms with Crippen LogP contribution in [0.15, 0.2) is 10.9 Å². The van der Waals surface area contributed by atoms with Gasteiger partial charge in [-0.05, 0) is 38.3 Å². The van der Waals surface area contributed by atoms with Crippen molar-refractivity contribution in [1.82, 2.24) is 14.8 Å². The van der Waals surface area contributed by atoms with E-state index < -0.39 is 0 Å². The number of H-pyrrole nitrogens is 1. The van der Waals surface area contributed by atoms with E-state index in [1.165, 1.54) is 0 Å². The molecule has 3 rings (SSSR count). The molecule has 1 aromatic rings. The molecule has 1 aromatic heterocycles. The van der Waals surface area contributed by atoms with Gasteiger partial charge in [0.2, 0.25) is 5.91 Å². The standard InChI is InChI=1S/C18H25N3O4/c1-12-10-13(2)19-16(22)15(12)18(24)21-6-3-5-20(7-8-21)17(23)14-4-9-25-11-14/h10,14H,3-9,11H2,1-2H3,(H,19,22). The fourth-order valence-corrected chi connectivity index (χ4v) is 3.61. The number of hydrogen-bond donors (Lipinski definition) is 1. The third-order valence-corrected chi connectivity index (χ3v) is 4.95. The molecule has 7 heteroatoms. The van der Waals surface area contributed by atoms with Gasteiger partial charge in [-0.2, -0.15) is 0 Å². The number of amides is 2. The predicted molar refractivity (Wildman–Crippen MR) is 92.6 cm³/mol. The lowest BCUT2D eigenvalue weighted by Crippen LogP contribution is -2.41. The Balaban J connectivity index is 1.70. The third kappa shape index (κ3) is 3.76. The van der Waals surface area contributed by atoms with Gasteiger partial charge in [0.15, 0.2) is 0 Å². The predicted octanol–water partition coefficient (Wildman–Crippen LogP) is 0.703. The first-order valence-electron chi connectivity index (χ1n) is 8.83. The molecule has 1 atom stereocenters. The van der Waals surface area contributed by atoms with Gasteiger partial charge in [0, 0.05) is 38.5 Å². The highest BCUT2D eigenvalue weighted by atomic mass is 16.5. The largest absolute Gasteiger partial charge is 0.381 e. The van der Waals surface area contributed by atoms with Crippen molar-refractivity contribution in [1.29, 1.82) is 0 Å². The molecule has 0 bridgehead atoms. The molecule has 2 aliphatic heterocycles. The maximum atomic E-state index is 12.8. The van der Waals surface area contributed by atoms with Crippen molar-refractivity contribution in [3.05, 3.63) is 33.2 Å². The average Bonchev–Trinajstić information content (AvgIpc) is 2.97. The van der Waals surface area contributed by atoms with E-state index in [1.807, 2.05) is 11.0 Å². The van der Waals surface area contributed by atoms with Crippen molar-refractivity contribution in [3.63, 3.8) is 0 Å². The van der Waals surface area contributed by atoms with Crippen LogP contribution >= 0.6 is 0 Å². The second kappa shape index (κ2) is 7.39. The van der Waals surface area contributed by atoms with Crippen molar-refractivity contribution in [2.75, 3.05) is 39.4 Å². The molecule has 136 valence electrons. The number of rotatable bonds is 2. The zero-order valence-corrected chi connectivity index (χ0v) is 14.8. The van der Waals surface area contributed by atoms with Gasteiger partial charge in [-0.3, -0.25) is 14.4 Å². The highest BCUT2D eigenvalue weighted by Crippen LogP contribution is 2.17. The smallest absolute Gasteiger partial charge is 0.261 e. The first kappa shape index (κ1) is 17.7. The van der Waals surface area contributed by atoms with Crippen LogP contribution in [0.2, 0.25) is 0 Å². The Morgan fingerprint density at radius 1 is 1.16 bits per heavy atom. The number of nitrogens with one attached hydrogen (secondary N) is 1. The number of pyridine rings is 1. The molecular weight excluding hydrogens is 322 g/mol. The number of hydrogen-bond acceptors (Lipinski definition) is 4. The van der Waals surface area contributed by atoms with Gasteiger partial charge in [0.1, 0.15) is 5.56 Å². The molecule has 2 aliphatic rings. The lowest BCUT2D eigenvalue weighted by molar-refractivity contribution is -0.135. The molecule has 0 aliphatic carbocycles. The summed E-state index contributed by atoms with van der Waals surface area (Å²) in [5.74, 6) is -0.183. The number of nitrogens with zero attached hydrogens (tertiary/aromatic N) is 2. The van der Waals surface area contributed by atoms with Crippen LogP contribution in [0.1, 0.15) is 34.5 Å². The Kier molecular flexibility index (Phi) is 5.22. The SMILES string of the molecule is Cc1cc(C)c(C(=O)N2CCCN(C(=O)C3CCOC3)CC2)c(=O)[nH]1. The van der Waals surface area contributed by atoms with Crippen LogP contribution in [0.5, 0.6) is 0 Å². The van der Waals surface area contributed by atoms with Gasteiger partial charge in [0.05, 0.1) is 12.5 Å². The first-order chi connectivity index (χ1) is 12.0. The van der Waals surface area contributed by atoms with E-state index in [9.17, 15) is 14.4 Å². The van der Waals surface area contributed by atoms with E-state index in [-0.39, 0.29) is 28.9 Å². The fourth-order valence-electron chi connectivity index (χ4n) is 3.61. The first-order valence-corrected chi connectivity index (χ1v) is 8.83. The Morgan fingerprint density at radius 2 is 1.88 bits per heavy atom. The summed E-state index contributed by atoms with van der Waals surface area (Å²) in [6.45, 7) is 6.86. The Labute approximate surface area is 147 Å². The molecule has 1 N–H and O–H groups in total. The van der Waals surface area contributed by atoms with Crippen LogP contribution in [0.3, 0.4) is 0 Å². The molecule has 0 saturated carbocycles. The summed E-state index contributed by atoms with van der Waals surface area (Å²) < 4.78 is 5.30. The van der Waals surface area contributed by atoms with Crippen molar-refractivity contribution < 1.29 is 14.3 Å². The van der Waals surface area contributed by atoms with Crippen molar-refractivity contribution in [2.24, 2.45) is 5.92 Å². The average molecular weight is 347 g/mol. The zero-order valence-electron chi connectivity index (χ0n) is 14.8. The quantitative estimate of drug-likeness (QED) is 0.854. The van der Waals surface area contributed by atoms with Gasteiger partial charge in [-0.15, -0.1) is 0 Å². The zero-order chi connectivity index (χ0) is 18.0. The maximum absolute atomic E-state index is 12.8. The minimum atomic E-state index is -0.345. The molecule has 7 nitrogen and oxygen atoms in total. The van der Waals surface area contributed by atoms with Crippen LogP contribution in [0, 0.1) is 19.8 Å². The summed E-state index contributed by atoms with van der Waals surface area (Å²) >= 11 is 0. The van der Waals surface area contributed by atoms with Gasteiger partial charge in [-0.25, -0.2) is 0 Å². The maximum Gasteiger partial charge on any atom is 0.261 e. The summed E-state index contributed by atoms with van der Waals surface area (Å²) in [5, 5.41) is 0. The molecule has 2 saturated heterocycles. The van der Waals surface area contributed by atoms with E-state index in [2.05, 4.69) is 4.98 Å². The lowest BCUT2D eigenvalue weighted by Gasteiger charge is -2.24. The molecule has 1 unspecified atom stereocenters. The fraction of sp³-hybridized carbons (Fsp3) is 0.611. The molecule has 0 spiro atoms. The van der Waals surface area contributed by atoms with Crippen molar-refractivity contribution >= 4 is 11.8 Å². The Morgan fingerprint density at radius 3 is 2.56 bits per heavy atom. The minimum absolute atomic E-state index is 0.0514. The number of ether oxygens (including phenoxy) is 1. The molecule has 2 amide bonds. The molecule has 3 heterocycles. The van der Waals surface area contributed by atoms with E-state index in [4.69, 9.17) is 4.74 Å². The topological polar surface area (TPSA) is 82.7 Å². The second-order valence-electron chi connectivity index (χ2n) is 6.87. The van der Waals surface area contributed by atoms with Crippen molar-refractivity contribution in [3.8, 4) is 0 Å². The summed E-state index contributed by atoms with van der Waals surface area (Å²) in [7, 11) is 0. The number of aryl methyl sites for hydroxylation is 2. The van der Waals surface area contributed by atoms with E-state index >= 15 is 0 Å². The van der Waals surface area contributed by atoms with Crippen LogP contribution in [-0.4, -0.2) is 66.0 Å². The summed E-state index contributed by atoms with van der Waals surface area (Å²) in [6.07, 6.45) is 1.49. The molecule has 2 fully saturated rings. The van der Waals surface area contributed by atoms with Crippen LogP contribution in [-0.2, 0) is 9.53 Å². The van der Waals surface area contributed by atoms with Gasteiger partial charge in [-0.1, -0.05) is 0 Å². The summed E-state index contributed by atoms with van der Waals surface area (Å²) in [5.41, 5.74) is 1.29. The van der Waals surface area contributed by atoms with E-state index in [0.717, 1.165) is 12.1 Å². The number of aromatic amines is 1. The highest BCUT2D eigenvalue weighted by Gasteiger charge is 2.30. The van der Waals surface area contributed by atoms with Crippen LogP contribution < -0.4 is 5.56 Å². The van der Waals surface area contributed by atoms with Crippen LogP contribution in [0.25, 0.3) is 0 Å². The molecule has 25 heavy (non-hydrogen) atoms. The molecule has 0 aromatic carbocycles. The van der Waals surface area contributed by atoms with E-state index in [1.54, 1.807) is 18.7 Å². The Bertz CT molecular complexity index is 722.